The predicted octanol–water partition coefficient (Wildman–Crippen LogP) is 1.89. The molecule has 4 nitrogen and oxygen atoms in total. The number of aryl methyl sites for hydroxylation is 1. The molecule has 0 bridgehead atoms. The summed E-state index contributed by atoms with van der Waals surface area (Å²) in [4.78, 5) is 15.8. The minimum Gasteiger partial charge on any atom is -0.354 e. The van der Waals surface area contributed by atoms with E-state index in [0.717, 1.165) is 12.4 Å². The average molecular weight is 235 g/mol. The van der Waals surface area contributed by atoms with Gasteiger partial charge in [0, 0.05) is 31.9 Å². The van der Waals surface area contributed by atoms with Gasteiger partial charge in [-0.3, -0.25) is 4.79 Å². The summed E-state index contributed by atoms with van der Waals surface area (Å²) in [7, 11) is 0. The number of aromatic nitrogens is 2. The van der Waals surface area contributed by atoms with Crippen molar-refractivity contribution in [3.05, 3.63) is 18.2 Å². The standard InChI is InChI=1S/C13H21N3O/c1-11-14-6-8-16(11)9-7-15-13(17)10-12-4-2-3-5-12/h6,8,12H,2-5,7,9-10H2,1H3,(H,15,17). The lowest BCUT2D eigenvalue weighted by molar-refractivity contribution is -0.122. The average Bonchev–Trinajstić information content (AvgIpc) is 2.91. The number of carbonyl (C=O) groups excluding carboxylic acids is 1. The molecule has 94 valence electrons. The van der Waals surface area contributed by atoms with E-state index < -0.39 is 0 Å². The normalized spacial score (nSPS) is 16.3. The molecule has 0 atom stereocenters. The Kier molecular flexibility index (Phi) is 4.18. The van der Waals surface area contributed by atoms with Crippen LogP contribution in [0, 0.1) is 12.8 Å². The van der Waals surface area contributed by atoms with Crippen LogP contribution in [0.2, 0.25) is 0 Å². The molecule has 17 heavy (non-hydrogen) atoms. The number of hydrogen-bond acceptors (Lipinski definition) is 2. The van der Waals surface area contributed by atoms with E-state index in [4.69, 9.17) is 0 Å². The Balaban J connectivity index is 1.64. The summed E-state index contributed by atoms with van der Waals surface area (Å²) < 4.78 is 2.05. The smallest absolute Gasteiger partial charge is 0.220 e. The van der Waals surface area contributed by atoms with Gasteiger partial charge in [-0.25, -0.2) is 4.98 Å². The second kappa shape index (κ2) is 5.84. The number of carbonyl (C=O) groups is 1. The number of amides is 1. The molecule has 2 rings (SSSR count). The first kappa shape index (κ1) is 12.1. The fourth-order valence-electron chi connectivity index (χ4n) is 2.50. The number of hydrogen-bond donors (Lipinski definition) is 1. The molecule has 0 aromatic carbocycles. The minimum absolute atomic E-state index is 0.203. The Morgan fingerprint density at radius 3 is 2.94 bits per heavy atom. The van der Waals surface area contributed by atoms with Gasteiger partial charge in [0.2, 0.25) is 5.91 Å². The first-order valence-electron chi connectivity index (χ1n) is 6.50. The zero-order valence-electron chi connectivity index (χ0n) is 10.5. The molecule has 0 spiro atoms. The number of imidazole rings is 1. The van der Waals surface area contributed by atoms with E-state index in [9.17, 15) is 4.79 Å². The minimum atomic E-state index is 0.203. The van der Waals surface area contributed by atoms with Crippen molar-refractivity contribution < 1.29 is 4.79 Å². The zero-order chi connectivity index (χ0) is 12.1. The van der Waals surface area contributed by atoms with E-state index in [1.807, 2.05) is 13.1 Å². The van der Waals surface area contributed by atoms with Crippen molar-refractivity contribution in [2.24, 2.45) is 5.92 Å². The first-order valence-corrected chi connectivity index (χ1v) is 6.50. The van der Waals surface area contributed by atoms with Crippen LogP contribution in [0.15, 0.2) is 12.4 Å². The summed E-state index contributed by atoms with van der Waals surface area (Å²) in [6, 6.07) is 0. The van der Waals surface area contributed by atoms with Crippen LogP contribution in [-0.4, -0.2) is 22.0 Å². The third kappa shape index (κ3) is 3.58. The van der Waals surface area contributed by atoms with Crippen LogP contribution >= 0.6 is 0 Å². The number of rotatable bonds is 5. The molecule has 1 heterocycles. The van der Waals surface area contributed by atoms with Crippen LogP contribution < -0.4 is 5.32 Å². The van der Waals surface area contributed by atoms with Crippen molar-refractivity contribution in [3.8, 4) is 0 Å². The second-order valence-electron chi connectivity index (χ2n) is 4.87. The summed E-state index contributed by atoms with van der Waals surface area (Å²) in [5.74, 6) is 1.83. The maximum absolute atomic E-state index is 11.7. The van der Waals surface area contributed by atoms with Gasteiger partial charge in [0.1, 0.15) is 5.82 Å². The van der Waals surface area contributed by atoms with Crippen LogP contribution in [0.25, 0.3) is 0 Å². The van der Waals surface area contributed by atoms with E-state index in [-0.39, 0.29) is 5.91 Å². The van der Waals surface area contributed by atoms with Gasteiger partial charge in [0.15, 0.2) is 0 Å². The molecule has 0 aliphatic heterocycles. The molecule has 1 aliphatic rings. The van der Waals surface area contributed by atoms with Gasteiger partial charge in [-0.2, -0.15) is 0 Å². The molecule has 0 radical (unpaired) electrons. The van der Waals surface area contributed by atoms with Gasteiger partial charge < -0.3 is 9.88 Å². The molecule has 1 saturated carbocycles. The highest BCUT2D eigenvalue weighted by molar-refractivity contribution is 5.76. The second-order valence-corrected chi connectivity index (χ2v) is 4.87. The van der Waals surface area contributed by atoms with Crippen LogP contribution in [0.5, 0.6) is 0 Å². The molecule has 1 N–H and O–H groups in total. The van der Waals surface area contributed by atoms with Crippen molar-refractivity contribution in [1.29, 1.82) is 0 Å². The highest BCUT2D eigenvalue weighted by atomic mass is 16.1. The maximum Gasteiger partial charge on any atom is 0.220 e. The van der Waals surface area contributed by atoms with Crippen LogP contribution in [-0.2, 0) is 11.3 Å². The van der Waals surface area contributed by atoms with E-state index in [1.54, 1.807) is 6.20 Å². The maximum atomic E-state index is 11.7. The number of nitrogens with zero attached hydrogens (tertiary/aromatic N) is 2. The summed E-state index contributed by atoms with van der Waals surface area (Å²) in [5.41, 5.74) is 0. The molecule has 1 amide bonds. The summed E-state index contributed by atoms with van der Waals surface area (Å²) in [6.07, 6.45) is 9.50. The van der Waals surface area contributed by atoms with Crippen molar-refractivity contribution in [3.63, 3.8) is 0 Å². The van der Waals surface area contributed by atoms with Gasteiger partial charge in [0.25, 0.3) is 0 Å². The van der Waals surface area contributed by atoms with Crippen molar-refractivity contribution >= 4 is 5.91 Å². The topological polar surface area (TPSA) is 46.9 Å². The molecule has 1 fully saturated rings. The SMILES string of the molecule is Cc1nccn1CCNC(=O)CC1CCCC1. The van der Waals surface area contributed by atoms with Crippen LogP contribution in [0.4, 0.5) is 0 Å². The van der Waals surface area contributed by atoms with Crippen LogP contribution in [0.1, 0.15) is 37.9 Å². The molecular weight excluding hydrogens is 214 g/mol. The van der Waals surface area contributed by atoms with Gasteiger partial charge in [-0.05, 0) is 25.7 Å². The third-order valence-electron chi connectivity index (χ3n) is 3.55. The van der Waals surface area contributed by atoms with E-state index in [2.05, 4.69) is 14.9 Å². The Bertz CT molecular complexity index is 366. The molecule has 1 aromatic rings. The predicted molar refractivity (Wildman–Crippen MR) is 66.5 cm³/mol. The first-order chi connectivity index (χ1) is 8.25. The van der Waals surface area contributed by atoms with E-state index >= 15 is 0 Å². The van der Waals surface area contributed by atoms with E-state index in [0.29, 0.717) is 18.9 Å². The molecular formula is C13H21N3O. The van der Waals surface area contributed by atoms with Gasteiger partial charge in [0.05, 0.1) is 0 Å². The number of nitrogens with one attached hydrogen (secondary N) is 1. The summed E-state index contributed by atoms with van der Waals surface area (Å²) >= 11 is 0. The monoisotopic (exact) mass is 235 g/mol. The lowest BCUT2D eigenvalue weighted by Gasteiger charge is -2.10. The van der Waals surface area contributed by atoms with Crippen molar-refractivity contribution in [2.75, 3.05) is 6.54 Å². The van der Waals surface area contributed by atoms with Gasteiger partial charge in [-0.15, -0.1) is 0 Å². The van der Waals surface area contributed by atoms with Crippen LogP contribution in [0.3, 0.4) is 0 Å². The zero-order valence-corrected chi connectivity index (χ0v) is 10.5. The lowest BCUT2D eigenvalue weighted by Crippen LogP contribution is -2.28. The Labute approximate surface area is 102 Å². The van der Waals surface area contributed by atoms with Crippen molar-refractivity contribution in [2.45, 2.75) is 45.6 Å². The molecule has 1 aliphatic carbocycles. The fourth-order valence-corrected chi connectivity index (χ4v) is 2.50. The highest BCUT2D eigenvalue weighted by Gasteiger charge is 2.17. The third-order valence-corrected chi connectivity index (χ3v) is 3.55. The largest absolute Gasteiger partial charge is 0.354 e. The lowest BCUT2D eigenvalue weighted by atomic mass is 10.0. The molecule has 4 heteroatoms. The van der Waals surface area contributed by atoms with E-state index in [1.165, 1.54) is 25.7 Å². The molecule has 0 saturated heterocycles. The molecule has 1 aromatic heterocycles. The Morgan fingerprint density at radius 2 is 2.29 bits per heavy atom. The highest BCUT2D eigenvalue weighted by Crippen LogP contribution is 2.27. The van der Waals surface area contributed by atoms with Gasteiger partial charge >= 0.3 is 0 Å². The summed E-state index contributed by atoms with van der Waals surface area (Å²) in [6.45, 7) is 3.48. The Hall–Kier alpha value is -1.32. The summed E-state index contributed by atoms with van der Waals surface area (Å²) in [5, 5.41) is 2.99. The van der Waals surface area contributed by atoms with Gasteiger partial charge in [-0.1, -0.05) is 12.8 Å². The molecule has 0 unspecified atom stereocenters. The quantitative estimate of drug-likeness (QED) is 0.847. The fraction of sp³-hybridized carbons (Fsp3) is 0.692. The Morgan fingerprint density at radius 1 is 1.53 bits per heavy atom. The van der Waals surface area contributed by atoms with Crippen molar-refractivity contribution in [1.82, 2.24) is 14.9 Å².